The van der Waals surface area contributed by atoms with Crippen LogP contribution in [0, 0.1) is 0 Å². The summed E-state index contributed by atoms with van der Waals surface area (Å²) in [7, 11) is 0. The number of amides is 1. The second-order valence-corrected chi connectivity index (χ2v) is 4.71. The Bertz CT molecular complexity index is 361. The Morgan fingerprint density at radius 2 is 2.38 bits per heavy atom. The summed E-state index contributed by atoms with van der Waals surface area (Å²) in [5.74, 6) is -0.153. The average molecular weight is 289 g/mol. The van der Waals surface area contributed by atoms with E-state index in [9.17, 15) is 4.79 Å². The lowest BCUT2D eigenvalue weighted by Crippen LogP contribution is -2.31. The molecule has 0 saturated heterocycles. The van der Waals surface area contributed by atoms with Crippen molar-refractivity contribution >= 4 is 21.8 Å². The summed E-state index contributed by atoms with van der Waals surface area (Å²) in [5.41, 5.74) is 0.620. The summed E-state index contributed by atoms with van der Waals surface area (Å²) >= 11 is 3.35. The number of aliphatic hydroxyl groups excluding tert-OH is 1. The van der Waals surface area contributed by atoms with Gasteiger partial charge >= 0.3 is 0 Å². The van der Waals surface area contributed by atoms with Crippen molar-refractivity contribution in [3.05, 3.63) is 22.4 Å². The molecule has 0 bridgehead atoms. The van der Waals surface area contributed by atoms with Gasteiger partial charge < -0.3 is 15.0 Å². The zero-order valence-corrected chi connectivity index (χ0v) is 11.1. The van der Waals surface area contributed by atoms with Gasteiger partial charge in [0.25, 0.3) is 5.91 Å². The van der Waals surface area contributed by atoms with E-state index in [1.165, 1.54) is 0 Å². The highest BCUT2D eigenvalue weighted by molar-refractivity contribution is 9.10. The number of nitrogens with zero attached hydrogens (tertiary/aromatic N) is 1. The first-order valence-electron chi connectivity index (χ1n) is 5.36. The Hall–Kier alpha value is -0.810. The molecule has 4 nitrogen and oxygen atoms in total. The minimum atomic E-state index is -0.526. The molecular weight excluding hydrogens is 272 g/mol. The highest BCUT2D eigenvalue weighted by Gasteiger charge is 2.12. The Morgan fingerprint density at radius 1 is 1.69 bits per heavy atom. The molecule has 0 aromatic carbocycles. The Balaban J connectivity index is 2.73. The third-order valence-electron chi connectivity index (χ3n) is 2.12. The highest BCUT2D eigenvalue weighted by atomic mass is 79.9. The van der Waals surface area contributed by atoms with Crippen LogP contribution >= 0.6 is 15.9 Å². The Morgan fingerprint density at radius 3 is 2.94 bits per heavy atom. The zero-order chi connectivity index (χ0) is 12.1. The molecule has 1 rings (SSSR count). The molecule has 2 N–H and O–H groups in total. The number of hydrogen-bond acceptors (Lipinski definition) is 2. The molecule has 0 spiro atoms. The van der Waals surface area contributed by atoms with Crippen molar-refractivity contribution in [3.63, 3.8) is 0 Å². The summed E-state index contributed by atoms with van der Waals surface area (Å²) < 4.78 is 2.80. The third-order valence-corrected chi connectivity index (χ3v) is 2.55. The molecule has 1 heterocycles. The predicted molar refractivity (Wildman–Crippen MR) is 66.4 cm³/mol. The summed E-state index contributed by atoms with van der Waals surface area (Å²) in [6, 6.07) is 1.78. The molecule has 0 saturated carbocycles. The summed E-state index contributed by atoms with van der Waals surface area (Å²) in [4.78, 5) is 11.8. The van der Waals surface area contributed by atoms with Crippen LogP contribution in [0.5, 0.6) is 0 Å². The predicted octanol–water partition coefficient (Wildman–Crippen LogP) is 1.77. The largest absolute Gasteiger partial charge is 0.392 e. The number of carbonyl (C=O) groups is 1. The van der Waals surface area contributed by atoms with Crippen LogP contribution in [0.15, 0.2) is 16.7 Å². The second-order valence-electron chi connectivity index (χ2n) is 3.80. The summed E-state index contributed by atoms with van der Waals surface area (Å²) in [5, 5.41) is 11.8. The number of rotatable bonds is 5. The van der Waals surface area contributed by atoms with E-state index in [1.54, 1.807) is 13.0 Å². The lowest BCUT2D eigenvalue weighted by atomic mass is 10.3. The molecule has 1 aromatic heterocycles. The number of hydrogen-bond donors (Lipinski definition) is 2. The van der Waals surface area contributed by atoms with E-state index in [0.29, 0.717) is 5.69 Å². The first-order chi connectivity index (χ1) is 7.54. The zero-order valence-electron chi connectivity index (χ0n) is 9.53. The van der Waals surface area contributed by atoms with Crippen LogP contribution in [0.25, 0.3) is 0 Å². The van der Waals surface area contributed by atoms with Gasteiger partial charge in [0.1, 0.15) is 5.69 Å². The molecule has 0 aliphatic rings. The van der Waals surface area contributed by atoms with Crippen LogP contribution in [0.4, 0.5) is 0 Å². The lowest BCUT2D eigenvalue weighted by Gasteiger charge is -2.09. The van der Waals surface area contributed by atoms with Crippen LogP contribution in [0.1, 0.15) is 30.8 Å². The quantitative estimate of drug-likeness (QED) is 0.868. The van der Waals surface area contributed by atoms with Crippen molar-refractivity contribution in [2.75, 3.05) is 6.54 Å². The van der Waals surface area contributed by atoms with Crippen LogP contribution in [-0.2, 0) is 6.54 Å². The molecule has 1 aromatic rings. The second kappa shape index (κ2) is 6.06. The van der Waals surface area contributed by atoms with Gasteiger partial charge in [-0.3, -0.25) is 4.79 Å². The molecule has 0 aliphatic carbocycles. The van der Waals surface area contributed by atoms with E-state index in [-0.39, 0.29) is 12.5 Å². The minimum absolute atomic E-state index is 0.153. The van der Waals surface area contributed by atoms with Gasteiger partial charge in [-0.25, -0.2) is 0 Å². The van der Waals surface area contributed by atoms with Crippen molar-refractivity contribution in [3.8, 4) is 0 Å². The number of halogens is 1. The maximum absolute atomic E-state index is 11.8. The first kappa shape index (κ1) is 13.3. The fourth-order valence-corrected chi connectivity index (χ4v) is 1.89. The monoisotopic (exact) mass is 288 g/mol. The van der Waals surface area contributed by atoms with Gasteiger partial charge in [-0.15, -0.1) is 0 Å². The van der Waals surface area contributed by atoms with Crippen molar-refractivity contribution in [2.24, 2.45) is 0 Å². The molecule has 0 radical (unpaired) electrons. The number of aryl methyl sites for hydroxylation is 1. The number of carbonyl (C=O) groups excluding carboxylic acids is 1. The minimum Gasteiger partial charge on any atom is -0.392 e. The molecular formula is C11H17BrN2O2. The first-order valence-corrected chi connectivity index (χ1v) is 6.15. The standard InChI is InChI=1S/C11H17BrN2O2/c1-3-4-14-7-9(12)5-10(14)11(16)13-6-8(2)15/h5,7-8,15H,3-4,6H2,1-2H3,(H,13,16). The van der Waals surface area contributed by atoms with Gasteiger partial charge in [0.05, 0.1) is 6.10 Å². The Kier molecular flexibility index (Phi) is 5.02. The van der Waals surface area contributed by atoms with Crippen molar-refractivity contribution < 1.29 is 9.90 Å². The molecule has 0 fully saturated rings. The number of nitrogens with one attached hydrogen (secondary N) is 1. The van der Waals surface area contributed by atoms with Gasteiger partial charge in [0.2, 0.25) is 0 Å². The molecule has 16 heavy (non-hydrogen) atoms. The molecule has 5 heteroatoms. The van der Waals surface area contributed by atoms with Gasteiger partial charge in [-0.05, 0) is 35.3 Å². The topological polar surface area (TPSA) is 54.3 Å². The van der Waals surface area contributed by atoms with E-state index in [1.807, 2.05) is 10.8 Å². The highest BCUT2D eigenvalue weighted by Crippen LogP contribution is 2.15. The third kappa shape index (κ3) is 3.64. The number of aliphatic hydroxyl groups is 1. The van der Waals surface area contributed by atoms with Gasteiger partial charge in [0.15, 0.2) is 0 Å². The maximum Gasteiger partial charge on any atom is 0.268 e. The lowest BCUT2D eigenvalue weighted by molar-refractivity contribution is 0.0914. The summed E-state index contributed by atoms with van der Waals surface area (Å²) in [6.45, 7) is 4.78. The van der Waals surface area contributed by atoms with Gasteiger partial charge in [0, 0.05) is 23.8 Å². The molecule has 1 atom stereocenters. The van der Waals surface area contributed by atoms with E-state index < -0.39 is 6.10 Å². The normalized spacial score (nSPS) is 12.5. The molecule has 90 valence electrons. The van der Waals surface area contributed by atoms with Gasteiger partial charge in [-0.2, -0.15) is 0 Å². The van der Waals surface area contributed by atoms with E-state index in [4.69, 9.17) is 5.11 Å². The smallest absolute Gasteiger partial charge is 0.268 e. The van der Waals surface area contributed by atoms with Crippen molar-refractivity contribution in [2.45, 2.75) is 32.9 Å². The van der Waals surface area contributed by atoms with Crippen molar-refractivity contribution in [1.82, 2.24) is 9.88 Å². The molecule has 1 unspecified atom stereocenters. The number of aromatic nitrogens is 1. The van der Waals surface area contributed by atoms with E-state index >= 15 is 0 Å². The average Bonchev–Trinajstić information content (AvgIpc) is 2.56. The maximum atomic E-state index is 11.8. The molecule has 0 aliphatic heterocycles. The van der Waals surface area contributed by atoms with Crippen LogP contribution < -0.4 is 5.32 Å². The SMILES string of the molecule is CCCn1cc(Br)cc1C(=O)NCC(C)O. The van der Waals surface area contributed by atoms with Crippen molar-refractivity contribution in [1.29, 1.82) is 0 Å². The van der Waals surface area contributed by atoms with Crippen LogP contribution in [-0.4, -0.2) is 28.2 Å². The fourth-order valence-electron chi connectivity index (χ4n) is 1.42. The van der Waals surface area contributed by atoms with Gasteiger partial charge in [-0.1, -0.05) is 6.92 Å². The van der Waals surface area contributed by atoms with E-state index in [0.717, 1.165) is 17.4 Å². The van der Waals surface area contributed by atoms with Crippen LogP contribution in [0.2, 0.25) is 0 Å². The van der Waals surface area contributed by atoms with E-state index in [2.05, 4.69) is 28.2 Å². The summed E-state index contributed by atoms with van der Waals surface area (Å²) in [6.07, 6.45) is 2.33. The Labute approximate surface area is 104 Å². The fraction of sp³-hybridized carbons (Fsp3) is 0.545. The van der Waals surface area contributed by atoms with Crippen LogP contribution in [0.3, 0.4) is 0 Å². The molecule has 1 amide bonds.